The van der Waals surface area contributed by atoms with Crippen molar-refractivity contribution in [3.05, 3.63) is 71.3 Å². The molecule has 132 valence electrons. The van der Waals surface area contributed by atoms with Crippen molar-refractivity contribution < 1.29 is 19.1 Å². The molecule has 5 nitrogen and oxygen atoms in total. The maximum Gasteiger partial charge on any atom is 0.331 e. The molecular weight excluding hydrogens is 330 g/mol. The second-order valence-electron chi connectivity index (χ2n) is 5.47. The van der Waals surface area contributed by atoms with E-state index in [1.165, 1.54) is 13.0 Å². The Bertz CT molecular complexity index is 830. The number of nitrogens with zero attached hydrogens (tertiary/aromatic N) is 1. The molecule has 0 aliphatic heterocycles. The Hall–Kier alpha value is -3.39. The number of esters is 1. The van der Waals surface area contributed by atoms with Crippen molar-refractivity contribution in [3.8, 4) is 11.8 Å². The molecule has 26 heavy (non-hydrogen) atoms. The molecule has 0 fully saturated rings. The predicted molar refractivity (Wildman–Crippen MR) is 97.7 cm³/mol. The van der Waals surface area contributed by atoms with Crippen LogP contribution >= 0.6 is 0 Å². The summed E-state index contributed by atoms with van der Waals surface area (Å²) in [5.74, 6) is -0.214. The molecule has 1 atom stereocenters. The zero-order chi connectivity index (χ0) is 18.9. The molecule has 0 radical (unpaired) electrons. The highest BCUT2D eigenvalue weighted by Crippen LogP contribution is 2.14. The summed E-state index contributed by atoms with van der Waals surface area (Å²) in [5, 5.41) is 8.75. The van der Waals surface area contributed by atoms with Gasteiger partial charge in [-0.3, -0.25) is 4.79 Å². The first-order valence-electron chi connectivity index (χ1n) is 8.19. The molecule has 0 aliphatic carbocycles. The molecule has 0 aliphatic rings. The van der Waals surface area contributed by atoms with Gasteiger partial charge in [0.25, 0.3) is 0 Å². The standard InChI is InChI=1S/C21H19NO4/c1-3-25-19-11-9-18(10-12-19)21(24)15(2)26-20(23)13-8-16-4-6-17(14-22)7-5-16/h4-13,15H,3H2,1-2H3/b13-8+/t15-/m1/s1. The Balaban J connectivity index is 1.93. The fourth-order valence-electron chi connectivity index (χ4n) is 2.22. The van der Waals surface area contributed by atoms with Gasteiger partial charge in [-0.25, -0.2) is 4.79 Å². The van der Waals surface area contributed by atoms with Gasteiger partial charge in [0.1, 0.15) is 5.75 Å². The van der Waals surface area contributed by atoms with Gasteiger partial charge in [-0.1, -0.05) is 12.1 Å². The predicted octanol–water partition coefficient (Wildman–Crippen LogP) is 3.78. The highest BCUT2D eigenvalue weighted by Gasteiger charge is 2.18. The summed E-state index contributed by atoms with van der Waals surface area (Å²) < 4.78 is 10.5. The van der Waals surface area contributed by atoms with Gasteiger partial charge in [0.05, 0.1) is 18.2 Å². The summed E-state index contributed by atoms with van der Waals surface area (Å²) in [5.41, 5.74) is 1.75. The number of carbonyl (C=O) groups excluding carboxylic acids is 2. The van der Waals surface area contributed by atoms with E-state index in [-0.39, 0.29) is 5.78 Å². The first-order valence-corrected chi connectivity index (χ1v) is 8.19. The van der Waals surface area contributed by atoms with E-state index in [9.17, 15) is 9.59 Å². The summed E-state index contributed by atoms with van der Waals surface area (Å²) in [6.45, 7) is 3.96. The van der Waals surface area contributed by atoms with Crippen LogP contribution in [0.3, 0.4) is 0 Å². The maximum absolute atomic E-state index is 12.3. The Morgan fingerprint density at radius 2 is 1.77 bits per heavy atom. The van der Waals surface area contributed by atoms with E-state index < -0.39 is 12.1 Å². The van der Waals surface area contributed by atoms with Gasteiger partial charge < -0.3 is 9.47 Å². The molecule has 0 heterocycles. The summed E-state index contributed by atoms with van der Waals surface area (Å²) >= 11 is 0. The zero-order valence-electron chi connectivity index (χ0n) is 14.6. The van der Waals surface area contributed by atoms with Crippen molar-refractivity contribution in [2.24, 2.45) is 0 Å². The number of hydrogen-bond donors (Lipinski definition) is 0. The van der Waals surface area contributed by atoms with Gasteiger partial charge in [-0.2, -0.15) is 5.26 Å². The van der Waals surface area contributed by atoms with Crippen LogP contribution in [0.5, 0.6) is 5.75 Å². The quantitative estimate of drug-likeness (QED) is 0.432. The number of ether oxygens (including phenoxy) is 2. The molecule has 0 N–H and O–H groups in total. The van der Waals surface area contributed by atoms with Crippen LogP contribution in [0.4, 0.5) is 0 Å². The third-order valence-corrected chi connectivity index (χ3v) is 3.56. The molecule has 0 bridgehead atoms. The molecule has 0 spiro atoms. The summed E-state index contributed by atoms with van der Waals surface area (Å²) in [6.07, 6.45) is 1.92. The van der Waals surface area contributed by atoms with Crippen molar-refractivity contribution >= 4 is 17.8 Å². The summed E-state index contributed by atoms with van der Waals surface area (Å²) in [4.78, 5) is 24.2. The first kappa shape index (κ1) is 18.9. The van der Waals surface area contributed by atoms with Gasteiger partial charge in [-0.05, 0) is 61.9 Å². The zero-order valence-corrected chi connectivity index (χ0v) is 14.6. The fourth-order valence-corrected chi connectivity index (χ4v) is 2.22. The van der Waals surface area contributed by atoms with Crippen molar-refractivity contribution in [2.75, 3.05) is 6.61 Å². The van der Waals surface area contributed by atoms with E-state index in [4.69, 9.17) is 14.7 Å². The number of carbonyl (C=O) groups is 2. The van der Waals surface area contributed by atoms with Crippen molar-refractivity contribution in [2.45, 2.75) is 20.0 Å². The van der Waals surface area contributed by atoms with Crippen LogP contribution in [0, 0.1) is 11.3 Å². The van der Waals surface area contributed by atoms with Crippen LogP contribution in [-0.2, 0) is 9.53 Å². The van der Waals surface area contributed by atoms with E-state index in [1.807, 2.05) is 13.0 Å². The number of nitriles is 1. The van der Waals surface area contributed by atoms with Crippen LogP contribution in [0.2, 0.25) is 0 Å². The van der Waals surface area contributed by atoms with Crippen LogP contribution in [-0.4, -0.2) is 24.5 Å². The molecule has 0 amide bonds. The largest absolute Gasteiger partial charge is 0.494 e. The molecule has 0 saturated heterocycles. The van der Waals surface area contributed by atoms with Crippen LogP contribution in [0.1, 0.15) is 35.3 Å². The second-order valence-corrected chi connectivity index (χ2v) is 5.47. The lowest BCUT2D eigenvalue weighted by Crippen LogP contribution is -2.23. The van der Waals surface area contributed by atoms with Gasteiger partial charge in [0.15, 0.2) is 6.10 Å². The highest BCUT2D eigenvalue weighted by molar-refractivity contribution is 6.01. The molecule has 0 unspecified atom stereocenters. The van der Waals surface area contributed by atoms with Gasteiger partial charge in [0.2, 0.25) is 5.78 Å². The van der Waals surface area contributed by atoms with E-state index in [0.717, 1.165) is 5.56 Å². The first-order chi connectivity index (χ1) is 12.5. The molecule has 2 aromatic carbocycles. The van der Waals surface area contributed by atoms with E-state index in [1.54, 1.807) is 54.6 Å². The van der Waals surface area contributed by atoms with Crippen molar-refractivity contribution in [1.82, 2.24) is 0 Å². The average molecular weight is 349 g/mol. The summed E-state index contributed by atoms with van der Waals surface area (Å²) in [6, 6.07) is 15.5. The monoisotopic (exact) mass is 349 g/mol. The Morgan fingerprint density at radius 3 is 2.35 bits per heavy atom. The minimum atomic E-state index is -0.897. The van der Waals surface area contributed by atoms with Crippen molar-refractivity contribution in [3.63, 3.8) is 0 Å². The molecule has 2 aromatic rings. The van der Waals surface area contributed by atoms with Gasteiger partial charge >= 0.3 is 5.97 Å². The summed E-state index contributed by atoms with van der Waals surface area (Å²) in [7, 11) is 0. The number of ketones is 1. The third-order valence-electron chi connectivity index (χ3n) is 3.56. The number of Topliss-reactive ketones (excluding diaryl/α,β-unsaturated/α-hetero) is 1. The molecule has 2 rings (SSSR count). The third kappa shape index (κ3) is 5.32. The van der Waals surface area contributed by atoms with E-state index in [2.05, 4.69) is 0 Å². The Kier molecular flexibility index (Phi) is 6.69. The normalized spacial score (nSPS) is 11.6. The van der Waals surface area contributed by atoms with Crippen molar-refractivity contribution in [1.29, 1.82) is 5.26 Å². The lowest BCUT2D eigenvalue weighted by molar-refractivity contribution is -0.140. The second kappa shape index (κ2) is 9.19. The van der Waals surface area contributed by atoms with E-state index >= 15 is 0 Å². The number of benzene rings is 2. The van der Waals surface area contributed by atoms with Crippen LogP contribution in [0.25, 0.3) is 6.08 Å². The smallest absolute Gasteiger partial charge is 0.331 e. The Labute approximate surface area is 152 Å². The Morgan fingerprint density at radius 1 is 1.12 bits per heavy atom. The molecule has 0 aromatic heterocycles. The topological polar surface area (TPSA) is 76.4 Å². The van der Waals surface area contributed by atoms with Crippen LogP contribution < -0.4 is 4.74 Å². The maximum atomic E-state index is 12.3. The van der Waals surface area contributed by atoms with E-state index in [0.29, 0.717) is 23.5 Å². The fraction of sp³-hybridized carbons (Fsp3) is 0.190. The minimum Gasteiger partial charge on any atom is -0.494 e. The number of hydrogen-bond acceptors (Lipinski definition) is 5. The lowest BCUT2D eigenvalue weighted by atomic mass is 10.1. The molecular formula is C21H19NO4. The van der Waals surface area contributed by atoms with Crippen LogP contribution in [0.15, 0.2) is 54.6 Å². The van der Waals surface area contributed by atoms with Gasteiger partial charge in [0, 0.05) is 11.6 Å². The minimum absolute atomic E-state index is 0.284. The molecule has 0 saturated carbocycles. The molecule has 5 heteroatoms. The number of rotatable bonds is 7. The van der Waals surface area contributed by atoms with Gasteiger partial charge in [-0.15, -0.1) is 0 Å². The lowest BCUT2D eigenvalue weighted by Gasteiger charge is -2.11. The highest BCUT2D eigenvalue weighted by atomic mass is 16.5. The average Bonchev–Trinajstić information content (AvgIpc) is 2.67. The SMILES string of the molecule is CCOc1ccc(C(=O)[C@@H](C)OC(=O)/C=C/c2ccc(C#N)cc2)cc1.